The lowest BCUT2D eigenvalue weighted by Crippen LogP contribution is -2.30. The van der Waals surface area contributed by atoms with Crippen molar-refractivity contribution in [2.75, 3.05) is 19.0 Å². The summed E-state index contributed by atoms with van der Waals surface area (Å²) in [6.07, 6.45) is 3.26. The summed E-state index contributed by atoms with van der Waals surface area (Å²) in [5.74, 6) is 0.330. The first kappa shape index (κ1) is 24.8. The predicted octanol–water partition coefficient (Wildman–Crippen LogP) is 4.05. The molecular weight excluding hydrogens is 488 g/mol. The van der Waals surface area contributed by atoms with E-state index in [2.05, 4.69) is 20.6 Å². The Balaban J connectivity index is 1.73. The molecule has 0 bridgehead atoms. The molecule has 0 saturated carbocycles. The van der Waals surface area contributed by atoms with Crippen LogP contribution in [0.4, 0.5) is 5.82 Å². The van der Waals surface area contributed by atoms with E-state index in [1.54, 1.807) is 63.7 Å². The van der Waals surface area contributed by atoms with Crippen molar-refractivity contribution in [1.82, 2.24) is 24.5 Å². The number of anilines is 1. The second-order valence-corrected chi connectivity index (χ2v) is 10.4. The van der Waals surface area contributed by atoms with Crippen molar-refractivity contribution in [2.24, 2.45) is 5.41 Å². The third kappa shape index (κ3) is 5.67. The minimum Gasteiger partial charge on any atom is -0.384 e. The second-order valence-electron chi connectivity index (χ2n) is 8.57. The number of hydrogen-bond donors (Lipinski definition) is 1. The van der Waals surface area contributed by atoms with Gasteiger partial charge < -0.3 is 14.6 Å². The van der Waals surface area contributed by atoms with Gasteiger partial charge in [-0.05, 0) is 36.4 Å². The molecule has 0 unspecified atom stereocenters. The van der Waals surface area contributed by atoms with E-state index in [-0.39, 0.29) is 30.2 Å². The van der Waals surface area contributed by atoms with E-state index in [0.29, 0.717) is 28.1 Å². The van der Waals surface area contributed by atoms with Crippen LogP contribution >= 0.6 is 22.9 Å². The van der Waals surface area contributed by atoms with Crippen LogP contribution in [0.15, 0.2) is 59.7 Å². The minimum absolute atomic E-state index is 0.184. The van der Waals surface area contributed by atoms with Gasteiger partial charge in [-0.25, -0.2) is 4.68 Å². The molecule has 4 heterocycles. The van der Waals surface area contributed by atoms with Gasteiger partial charge in [0.15, 0.2) is 5.78 Å². The van der Waals surface area contributed by atoms with Crippen molar-refractivity contribution in [3.05, 3.63) is 85.8 Å². The number of nitrogens with zero attached hydrogens (tertiary/aromatic N) is 5. The Morgan fingerprint density at radius 2 is 2.06 bits per heavy atom. The Hall–Kier alpha value is -3.34. The van der Waals surface area contributed by atoms with E-state index in [0.717, 1.165) is 4.88 Å². The number of Topliss-reactive ketones (excluding diaryl/α,β-unsaturated/α-hetero) is 1. The lowest BCUT2D eigenvalue weighted by molar-refractivity contribution is 0.0626. The Morgan fingerprint density at radius 3 is 2.74 bits per heavy atom. The number of halogens is 1. The molecule has 0 amide bonds. The zero-order chi connectivity index (χ0) is 25.0. The van der Waals surface area contributed by atoms with E-state index in [1.807, 2.05) is 12.1 Å². The van der Waals surface area contributed by atoms with Crippen LogP contribution in [0.1, 0.15) is 34.9 Å². The molecule has 35 heavy (non-hydrogen) atoms. The number of thiophene rings is 1. The third-order valence-electron chi connectivity index (χ3n) is 5.32. The topological polar surface area (TPSA) is 104 Å². The van der Waals surface area contributed by atoms with E-state index < -0.39 is 5.41 Å². The van der Waals surface area contributed by atoms with Crippen LogP contribution in [0.5, 0.6) is 0 Å². The van der Waals surface area contributed by atoms with Crippen LogP contribution in [-0.2, 0) is 17.8 Å². The Kier molecular flexibility index (Phi) is 7.44. The summed E-state index contributed by atoms with van der Waals surface area (Å²) in [6.45, 7) is 4.55. The van der Waals surface area contributed by atoms with Gasteiger partial charge in [-0.2, -0.15) is 15.3 Å². The molecule has 4 aromatic rings. The zero-order valence-corrected chi connectivity index (χ0v) is 21.1. The van der Waals surface area contributed by atoms with E-state index >= 15 is 0 Å². The molecule has 1 N–H and O–H groups in total. The number of methoxy groups -OCH3 is 1. The number of carbonyl (C=O) groups excluding carboxylic acids is 1. The van der Waals surface area contributed by atoms with E-state index in [9.17, 15) is 9.59 Å². The van der Waals surface area contributed by atoms with E-state index in [1.165, 1.54) is 20.6 Å². The summed E-state index contributed by atoms with van der Waals surface area (Å²) in [5, 5.41) is 15.8. The second kappa shape index (κ2) is 10.5. The summed E-state index contributed by atoms with van der Waals surface area (Å²) in [7, 11) is 1.55. The quantitative estimate of drug-likeness (QED) is 0.319. The van der Waals surface area contributed by atoms with Gasteiger partial charge in [0.25, 0.3) is 5.56 Å². The zero-order valence-electron chi connectivity index (χ0n) is 19.6. The summed E-state index contributed by atoms with van der Waals surface area (Å²) >= 11 is 7.51. The smallest absolute Gasteiger partial charge is 0.276 e. The maximum atomic E-state index is 13.4. The first-order valence-corrected chi connectivity index (χ1v) is 12.1. The highest BCUT2D eigenvalue weighted by atomic mass is 35.5. The molecule has 0 saturated heterocycles. The van der Waals surface area contributed by atoms with Crippen molar-refractivity contribution >= 4 is 34.5 Å². The molecule has 0 fully saturated rings. The summed E-state index contributed by atoms with van der Waals surface area (Å²) in [6, 6.07) is 12.4. The number of nitrogens with one attached hydrogen (secondary N) is 1. The van der Waals surface area contributed by atoms with Crippen LogP contribution in [-0.4, -0.2) is 44.0 Å². The van der Waals surface area contributed by atoms with Crippen LogP contribution in [0.25, 0.3) is 5.69 Å². The molecule has 0 radical (unpaired) electrons. The van der Waals surface area contributed by atoms with Crippen LogP contribution in [0.2, 0.25) is 4.34 Å². The molecule has 0 atom stereocenters. The van der Waals surface area contributed by atoms with Gasteiger partial charge in [0, 0.05) is 30.4 Å². The van der Waals surface area contributed by atoms with Crippen molar-refractivity contribution < 1.29 is 9.53 Å². The van der Waals surface area contributed by atoms with Gasteiger partial charge in [0.2, 0.25) is 0 Å². The fourth-order valence-corrected chi connectivity index (χ4v) is 4.63. The first-order valence-electron chi connectivity index (χ1n) is 10.9. The van der Waals surface area contributed by atoms with Crippen molar-refractivity contribution in [1.29, 1.82) is 0 Å². The maximum Gasteiger partial charge on any atom is 0.276 e. The standard InChI is InChI=1S/C24H25ClN6O3S/c1-24(2,15-34-3)22(32)18-12-21(26-13-17-8-9-20(25)35-17)31(29-18)19-7-5-11-30(23(19)33)14-16-6-4-10-27-28-16/h4-12,26H,13-15H2,1-3H3. The van der Waals surface area contributed by atoms with Gasteiger partial charge in [0.1, 0.15) is 17.2 Å². The molecule has 11 heteroatoms. The van der Waals surface area contributed by atoms with Gasteiger partial charge in [-0.3, -0.25) is 9.59 Å². The van der Waals surface area contributed by atoms with E-state index in [4.69, 9.17) is 16.3 Å². The highest BCUT2D eigenvalue weighted by molar-refractivity contribution is 7.16. The largest absolute Gasteiger partial charge is 0.384 e. The lowest BCUT2D eigenvalue weighted by Gasteiger charge is -2.20. The highest BCUT2D eigenvalue weighted by Gasteiger charge is 2.31. The van der Waals surface area contributed by atoms with Crippen LogP contribution in [0.3, 0.4) is 0 Å². The third-order valence-corrected chi connectivity index (χ3v) is 6.55. The van der Waals surface area contributed by atoms with Gasteiger partial charge in [-0.1, -0.05) is 25.4 Å². The number of rotatable bonds is 10. The first-order chi connectivity index (χ1) is 16.8. The molecule has 0 aliphatic heterocycles. The number of pyridine rings is 1. The summed E-state index contributed by atoms with van der Waals surface area (Å²) < 4.78 is 8.91. The maximum absolute atomic E-state index is 13.4. The van der Waals surface area contributed by atoms with Gasteiger partial charge in [0.05, 0.1) is 35.1 Å². The highest BCUT2D eigenvalue weighted by Crippen LogP contribution is 2.26. The molecule has 4 rings (SSSR count). The van der Waals surface area contributed by atoms with Crippen molar-refractivity contribution in [2.45, 2.75) is 26.9 Å². The fraction of sp³-hybridized carbons (Fsp3) is 0.292. The molecule has 0 spiro atoms. The normalized spacial score (nSPS) is 11.5. The number of aromatic nitrogens is 5. The molecule has 0 aliphatic rings. The minimum atomic E-state index is -0.782. The number of ether oxygens (including phenoxy) is 1. The Labute approximate surface area is 211 Å². The predicted molar refractivity (Wildman–Crippen MR) is 136 cm³/mol. The molecule has 4 aromatic heterocycles. The lowest BCUT2D eigenvalue weighted by atomic mass is 9.87. The SMILES string of the molecule is COCC(C)(C)C(=O)c1cc(NCc2ccc(Cl)s2)n(-c2cccn(Cc3cccnn3)c2=O)n1. The average molecular weight is 513 g/mol. The monoisotopic (exact) mass is 512 g/mol. The number of ketones is 1. The molecule has 0 aromatic carbocycles. The number of carbonyl (C=O) groups is 1. The van der Waals surface area contributed by atoms with Crippen molar-refractivity contribution in [3.8, 4) is 5.69 Å². The average Bonchev–Trinajstić information content (AvgIpc) is 3.45. The molecule has 182 valence electrons. The van der Waals surface area contributed by atoms with Gasteiger partial charge >= 0.3 is 0 Å². The Bertz CT molecular complexity index is 1380. The molecule has 9 nitrogen and oxygen atoms in total. The molecule has 0 aliphatic carbocycles. The Morgan fingerprint density at radius 1 is 1.23 bits per heavy atom. The fourth-order valence-electron chi connectivity index (χ4n) is 3.60. The van der Waals surface area contributed by atoms with Crippen LogP contribution in [0, 0.1) is 5.41 Å². The molecular formula is C24H25ClN6O3S. The van der Waals surface area contributed by atoms with Gasteiger partial charge in [-0.15, -0.1) is 11.3 Å². The summed E-state index contributed by atoms with van der Waals surface area (Å²) in [4.78, 5) is 27.6. The number of hydrogen-bond acceptors (Lipinski definition) is 8. The summed E-state index contributed by atoms with van der Waals surface area (Å²) in [5.41, 5.74) is 0.125. The van der Waals surface area contributed by atoms with Crippen molar-refractivity contribution in [3.63, 3.8) is 0 Å². The van der Waals surface area contributed by atoms with Crippen LogP contribution < -0.4 is 10.9 Å².